The number of hydrogen-bond acceptors (Lipinski definition) is 3. The number of hydrogen-bond donors (Lipinski definition) is 2. The van der Waals surface area contributed by atoms with E-state index in [9.17, 15) is 4.79 Å². The van der Waals surface area contributed by atoms with Gasteiger partial charge in [-0.15, -0.1) is 0 Å². The summed E-state index contributed by atoms with van der Waals surface area (Å²) in [6.07, 6.45) is 0. The first kappa shape index (κ1) is 14.7. The fourth-order valence-corrected chi connectivity index (χ4v) is 1.61. The second kappa shape index (κ2) is 7.84. The molecule has 0 saturated carbocycles. The van der Waals surface area contributed by atoms with Crippen LogP contribution in [0.15, 0.2) is 24.3 Å². The molecular formula is C14H22N2O2. The van der Waals surface area contributed by atoms with Crippen molar-refractivity contribution >= 4 is 5.91 Å². The average Bonchev–Trinajstić information content (AvgIpc) is 2.31. The van der Waals surface area contributed by atoms with Crippen LogP contribution < -0.4 is 10.6 Å². The molecule has 0 atom stereocenters. The predicted molar refractivity (Wildman–Crippen MR) is 72.1 cm³/mol. The molecule has 0 radical (unpaired) electrons. The van der Waals surface area contributed by atoms with E-state index in [-0.39, 0.29) is 11.9 Å². The number of methoxy groups -OCH3 is 1. The van der Waals surface area contributed by atoms with E-state index in [1.54, 1.807) is 7.11 Å². The lowest BCUT2D eigenvalue weighted by molar-refractivity contribution is -0.120. The molecule has 0 aliphatic carbocycles. The topological polar surface area (TPSA) is 50.4 Å². The van der Waals surface area contributed by atoms with Crippen LogP contribution in [0.2, 0.25) is 0 Å². The SMILES string of the molecule is COCc1ccc(CNCC(=O)NC(C)C)cc1. The van der Waals surface area contributed by atoms with Crippen LogP contribution >= 0.6 is 0 Å². The van der Waals surface area contributed by atoms with Crippen molar-refractivity contribution in [2.45, 2.75) is 33.0 Å². The van der Waals surface area contributed by atoms with Crippen molar-refractivity contribution in [1.29, 1.82) is 0 Å². The molecule has 0 spiro atoms. The van der Waals surface area contributed by atoms with Gasteiger partial charge in [0.2, 0.25) is 5.91 Å². The fraction of sp³-hybridized carbons (Fsp3) is 0.500. The van der Waals surface area contributed by atoms with Gasteiger partial charge in [0.25, 0.3) is 0 Å². The number of rotatable bonds is 7. The van der Waals surface area contributed by atoms with Crippen molar-refractivity contribution in [2.75, 3.05) is 13.7 Å². The largest absolute Gasteiger partial charge is 0.380 e. The smallest absolute Gasteiger partial charge is 0.234 e. The third-order valence-electron chi connectivity index (χ3n) is 2.40. The summed E-state index contributed by atoms with van der Waals surface area (Å²) < 4.78 is 5.05. The average molecular weight is 250 g/mol. The molecule has 1 rings (SSSR count). The third kappa shape index (κ3) is 5.80. The Labute approximate surface area is 109 Å². The van der Waals surface area contributed by atoms with Crippen LogP contribution in [0.4, 0.5) is 0 Å². The first-order valence-electron chi connectivity index (χ1n) is 6.18. The van der Waals surface area contributed by atoms with Gasteiger partial charge in [0.1, 0.15) is 0 Å². The lowest BCUT2D eigenvalue weighted by Gasteiger charge is -2.09. The summed E-state index contributed by atoms with van der Waals surface area (Å²) in [5.41, 5.74) is 2.31. The summed E-state index contributed by atoms with van der Waals surface area (Å²) in [7, 11) is 1.68. The van der Waals surface area contributed by atoms with Crippen molar-refractivity contribution in [1.82, 2.24) is 10.6 Å². The minimum Gasteiger partial charge on any atom is -0.380 e. The Balaban J connectivity index is 2.28. The first-order chi connectivity index (χ1) is 8.61. The number of ether oxygens (including phenoxy) is 1. The van der Waals surface area contributed by atoms with E-state index in [4.69, 9.17) is 4.74 Å². The van der Waals surface area contributed by atoms with Crippen LogP contribution in [-0.4, -0.2) is 25.6 Å². The van der Waals surface area contributed by atoms with Gasteiger partial charge in [-0.3, -0.25) is 4.79 Å². The fourth-order valence-electron chi connectivity index (χ4n) is 1.61. The van der Waals surface area contributed by atoms with Crippen LogP contribution in [0.25, 0.3) is 0 Å². The highest BCUT2D eigenvalue weighted by atomic mass is 16.5. The van der Waals surface area contributed by atoms with Gasteiger partial charge in [0.05, 0.1) is 13.2 Å². The minimum absolute atomic E-state index is 0.0287. The number of benzene rings is 1. The van der Waals surface area contributed by atoms with Gasteiger partial charge in [-0.25, -0.2) is 0 Å². The van der Waals surface area contributed by atoms with Crippen molar-refractivity contribution in [3.63, 3.8) is 0 Å². The molecule has 1 aromatic carbocycles. The lowest BCUT2D eigenvalue weighted by atomic mass is 10.1. The molecule has 2 N–H and O–H groups in total. The second-order valence-electron chi connectivity index (χ2n) is 4.58. The van der Waals surface area contributed by atoms with Crippen LogP contribution in [0, 0.1) is 0 Å². The van der Waals surface area contributed by atoms with Gasteiger partial charge < -0.3 is 15.4 Å². The highest BCUT2D eigenvalue weighted by Crippen LogP contribution is 2.05. The molecule has 1 aromatic rings. The normalized spacial score (nSPS) is 10.7. The first-order valence-corrected chi connectivity index (χ1v) is 6.18. The van der Waals surface area contributed by atoms with Crippen LogP contribution in [0.5, 0.6) is 0 Å². The summed E-state index contributed by atoms with van der Waals surface area (Å²) in [4.78, 5) is 11.4. The molecule has 0 saturated heterocycles. The molecule has 0 heterocycles. The van der Waals surface area contributed by atoms with Gasteiger partial charge in [-0.2, -0.15) is 0 Å². The summed E-state index contributed by atoms with van der Waals surface area (Å²) >= 11 is 0. The molecule has 100 valence electrons. The Bertz CT molecular complexity index is 361. The molecule has 4 nitrogen and oxygen atoms in total. The zero-order chi connectivity index (χ0) is 13.4. The highest BCUT2D eigenvalue weighted by molar-refractivity contribution is 5.78. The van der Waals surface area contributed by atoms with Gasteiger partial charge in [-0.05, 0) is 25.0 Å². The third-order valence-corrected chi connectivity index (χ3v) is 2.40. The lowest BCUT2D eigenvalue weighted by Crippen LogP contribution is -2.37. The monoisotopic (exact) mass is 250 g/mol. The van der Waals surface area contributed by atoms with Crippen LogP contribution in [-0.2, 0) is 22.7 Å². The van der Waals surface area contributed by atoms with Crippen LogP contribution in [0.1, 0.15) is 25.0 Å². The molecule has 1 amide bonds. The standard InChI is InChI=1S/C14H22N2O2/c1-11(2)16-14(17)9-15-8-12-4-6-13(7-5-12)10-18-3/h4-7,11,15H,8-10H2,1-3H3,(H,16,17). The number of carbonyl (C=O) groups excluding carboxylic acids is 1. The molecule has 0 aliphatic rings. The quantitative estimate of drug-likeness (QED) is 0.770. The van der Waals surface area contributed by atoms with Gasteiger partial charge in [0.15, 0.2) is 0 Å². The molecule has 18 heavy (non-hydrogen) atoms. The minimum atomic E-state index is 0.0287. The van der Waals surface area contributed by atoms with Gasteiger partial charge in [0, 0.05) is 19.7 Å². The van der Waals surface area contributed by atoms with E-state index in [0.717, 1.165) is 11.1 Å². The maximum atomic E-state index is 11.4. The predicted octanol–water partition coefficient (Wildman–Crippen LogP) is 1.45. The Kier molecular flexibility index (Phi) is 6.39. The van der Waals surface area contributed by atoms with E-state index in [1.807, 2.05) is 38.1 Å². The van der Waals surface area contributed by atoms with Crippen LogP contribution in [0.3, 0.4) is 0 Å². The van der Waals surface area contributed by atoms with Gasteiger partial charge in [-0.1, -0.05) is 24.3 Å². The number of amides is 1. The number of carbonyl (C=O) groups is 1. The Morgan fingerprint density at radius 2 is 1.83 bits per heavy atom. The summed E-state index contributed by atoms with van der Waals surface area (Å²) in [6.45, 7) is 5.57. The molecular weight excluding hydrogens is 228 g/mol. The number of nitrogens with one attached hydrogen (secondary N) is 2. The van der Waals surface area contributed by atoms with Crippen molar-refractivity contribution in [2.24, 2.45) is 0 Å². The molecule has 0 bridgehead atoms. The Hall–Kier alpha value is -1.39. The summed E-state index contributed by atoms with van der Waals surface area (Å²) in [5, 5.41) is 5.95. The van der Waals surface area contributed by atoms with Crippen molar-refractivity contribution in [3.8, 4) is 0 Å². The zero-order valence-electron chi connectivity index (χ0n) is 11.3. The Morgan fingerprint density at radius 1 is 1.22 bits per heavy atom. The van der Waals surface area contributed by atoms with E-state index in [2.05, 4.69) is 10.6 Å². The van der Waals surface area contributed by atoms with Crippen molar-refractivity contribution < 1.29 is 9.53 Å². The van der Waals surface area contributed by atoms with E-state index < -0.39 is 0 Å². The summed E-state index contributed by atoms with van der Waals surface area (Å²) in [5.74, 6) is 0.0287. The maximum absolute atomic E-state index is 11.4. The molecule has 0 fully saturated rings. The molecule has 0 aliphatic heterocycles. The van der Waals surface area contributed by atoms with E-state index in [0.29, 0.717) is 19.7 Å². The Morgan fingerprint density at radius 3 is 2.39 bits per heavy atom. The zero-order valence-corrected chi connectivity index (χ0v) is 11.3. The molecule has 0 aromatic heterocycles. The van der Waals surface area contributed by atoms with E-state index >= 15 is 0 Å². The van der Waals surface area contributed by atoms with Gasteiger partial charge >= 0.3 is 0 Å². The highest BCUT2D eigenvalue weighted by Gasteiger charge is 2.02. The molecule has 0 unspecified atom stereocenters. The molecule has 4 heteroatoms. The second-order valence-corrected chi connectivity index (χ2v) is 4.58. The van der Waals surface area contributed by atoms with E-state index in [1.165, 1.54) is 0 Å². The maximum Gasteiger partial charge on any atom is 0.234 e. The van der Waals surface area contributed by atoms with Crippen molar-refractivity contribution in [3.05, 3.63) is 35.4 Å². The summed E-state index contributed by atoms with van der Waals surface area (Å²) in [6, 6.07) is 8.35.